The smallest absolute Gasteiger partial charge is 0.321 e. The molecule has 0 radical (unpaired) electrons. The molecule has 0 atom stereocenters. The summed E-state index contributed by atoms with van der Waals surface area (Å²) in [7, 11) is 0. The minimum Gasteiger partial charge on any atom is -0.338 e. The van der Waals surface area contributed by atoms with Crippen molar-refractivity contribution >= 4 is 35.1 Å². The van der Waals surface area contributed by atoms with Crippen LogP contribution >= 0.6 is 23.2 Å². The number of unbranched alkanes of at least 4 members (excludes halogenated alkanes) is 1. The summed E-state index contributed by atoms with van der Waals surface area (Å²) in [6.07, 6.45) is 1.80. The van der Waals surface area contributed by atoms with E-state index in [1.165, 1.54) is 0 Å². The molecule has 1 rings (SSSR count). The molecule has 7 heteroatoms. The summed E-state index contributed by atoms with van der Waals surface area (Å²) in [6.45, 7) is 5.87. The highest BCUT2D eigenvalue weighted by Gasteiger charge is 2.20. The SMILES string of the molecule is CCCCNC(=O)NC(=O)c1c(Cl)nc(C)c(Cl)c1C. The number of pyridine rings is 1. The predicted molar refractivity (Wildman–Crippen MR) is 79.5 cm³/mol. The van der Waals surface area contributed by atoms with Crippen LogP contribution < -0.4 is 10.6 Å². The van der Waals surface area contributed by atoms with Crippen LogP contribution in [0.25, 0.3) is 0 Å². The predicted octanol–water partition coefficient (Wildman–Crippen LogP) is 3.24. The summed E-state index contributed by atoms with van der Waals surface area (Å²) < 4.78 is 0. The van der Waals surface area contributed by atoms with Gasteiger partial charge in [0.05, 0.1) is 16.3 Å². The summed E-state index contributed by atoms with van der Waals surface area (Å²) in [6, 6.07) is -0.560. The van der Waals surface area contributed by atoms with Crippen LogP contribution in [0.3, 0.4) is 0 Å². The number of hydrogen-bond donors (Lipinski definition) is 2. The zero-order valence-electron chi connectivity index (χ0n) is 11.6. The van der Waals surface area contributed by atoms with Crippen LogP contribution in [0.15, 0.2) is 0 Å². The second kappa shape index (κ2) is 7.45. The Hall–Kier alpha value is -1.33. The van der Waals surface area contributed by atoms with Gasteiger partial charge >= 0.3 is 6.03 Å². The molecule has 1 aromatic heterocycles. The number of imide groups is 1. The molecule has 0 aliphatic carbocycles. The fraction of sp³-hybridized carbons (Fsp3) is 0.462. The first-order valence-electron chi connectivity index (χ1n) is 6.29. The van der Waals surface area contributed by atoms with Gasteiger partial charge in [-0.1, -0.05) is 36.5 Å². The summed E-state index contributed by atoms with van der Waals surface area (Å²) in [4.78, 5) is 27.6. The molecule has 0 saturated carbocycles. The molecule has 5 nitrogen and oxygen atoms in total. The number of rotatable bonds is 4. The summed E-state index contributed by atoms with van der Waals surface area (Å²) >= 11 is 12.0. The van der Waals surface area contributed by atoms with E-state index in [1.54, 1.807) is 13.8 Å². The van der Waals surface area contributed by atoms with E-state index >= 15 is 0 Å². The molecule has 0 fully saturated rings. The number of nitrogens with one attached hydrogen (secondary N) is 2. The Labute approximate surface area is 128 Å². The van der Waals surface area contributed by atoms with Gasteiger partial charge in [0.2, 0.25) is 0 Å². The van der Waals surface area contributed by atoms with Crippen molar-refractivity contribution in [1.29, 1.82) is 0 Å². The van der Waals surface area contributed by atoms with Gasteiger partial charge in [-0.2, -0.15) is 0 Å². The van der Waals surface area contributed by atoms with Crippen molar-refractivity contribution in [3.05, 3.63) is 27.0 Å². The molecule has 3 amide bonds. The van der Waals surface area contributed by atoms with E-state index in [0.29, 0.717) is 22.8 Å². The van der Waals surface area contributed by atoms with Crippen LogP contribution in [-0.4, -0.2) is 23.5 Å². The molecule has 20 heavy (non-hydrogen) atoms. The number of urea groups is 1. The third-order valence-electron chi connectivity index (χ3n) is 2.76. The first kappa shape index (κ1) is 16.7. The molecule has 0 saturated heterocycles. The first-order chi connectivity index (χ1) is 9.38. The van der Waals surface area contributed by atoms with Crippen LogP contribution in [0.5, 0.6) is 0 Å². The third-order valence-corrected chi connectivity index (χ3v) is 3.59. The fourth-order valence-corrected chi connectivity index (χ4v) is 2.13. The second-order valence-electron chi connectivity index (χ2n) is 4.37. The van der Waals surface area contributed by atoms with Gasteiger partial charge in [0.15, 0.2) is 0 Å². The van der Waals surface area contributed by atoms with Crippen LogP contribution in [0.1, 0.15) is 41.4 Å². The average Bonchev–Trinajstić information content (AvgIpc) is 2.36. The van der Waals surface area contributed by atoms with Crippen molar-refractivity contribution in [2.75, 3.05) is 6.54 Å². The van der Waals surface area contributed by atoms with E-state index in [9.17, 15) is 9.59 Å². The number of aromatic nitrogens is 1. The van der Waals surface area contributed by atoms with Crippen molar-refractivity contribution in [2.45, 2.75) is 33.6 Å². The lowest BCUT2D eigenvalue weighted by Crippen LogP contribution is -2.40. The second-order valence-corrected chi connectivity index (χ2v) is 5.10. The Morgan fingerprint density at radius 3 is 2.50 bits per heavy atom. The lowest BCUT2D eigenvalue weighted by atomic mass is 10.1. The van der Waals surface area contributed by atoms with Gasteiger partial charge in [-0.3, -0.25) is 10.1 Å². The minimum absolute atomic E-state index is 0.0308. The van der Waals surface area contributed by atoms with E-state index in [4.69, 9.17) is 23.2 Å². The van der Waals surface area contributed by atoms with Gasteiger partial charge < -0.3 is 5.32 Å². The molecule has 0 unspecified atom stereocenters. The van der Waals surface area contributed by atoms with Gasteiger partial charge in [0.25, 0.3) is 5.91 Å². The van der Waals surface area contributed by atoms with Crippen LogP contribution in [0.2, 0.25) is 10.2 Å². The Kier molecular flexibility index (Phi) is 6.23. The molecule has 0 aromatic carbocycles. The highest BCUT2D eigenvalue weighted by Crippen LogP contribution is 2.26. The standard InChI is InChI=1S/C13H17Cl2N3O2/c1-4-5-6-16-13(20)18-12(19)9-7(2)10(14)8(3)17-11(9)15/h4-6H2,1-3H3,(H2,16,18,19,20). The molecule has 0 aliphatic rings. The number of halogens is 2. The summed E-state index contributed by atoms with van der Waals surface area (Å²) in [5.74, 6) is -0.615. The lowest BCUT2D eigenvalue weighted by molar-refractivity contribution is 0.0963. The molecule has 0 bridgehead atoms. The number of carbonyl (C=O) groups excluding carboxylic acids is 2. The fourth-order valence-electron chi connectivity index (χ4n) is 1.64. The van der Waals surface area contributed by atoms with E-state index in [1.807, 2.05) is 6.92 Å². The molecular formula is C13H17Cl2N3O2. The van der Waals surface area contributed by atoms with Crippen molar-refractivity contribution in [3.8, 4) is 0 Å². The van der Waals surface area contributed by atoms with Crippen LogP contribution in [0.4, 0.5) is 4.79 Å². The Morgan fingerprint density at radius 1 is 1.25 bits per heavy atom. The first-order valence-corrected chi connectivity index (χ1v) is 7.05. The van der Waals surface area contributed by atoms with Crippen LogP contribution in [-0.2, 0) is 0 Å². The third kappa shape index (κ3) is 4.08. The monoisotopic (exact) mass is 317 g/mol. The van der Waals surface area contributed by atoms with Crippen molar-refractivity contribution < 1.29 is 9.59 Å². The Bertz CT molecular complexity index is 533. The minimum atomic E-state index is -0.615. The van der Waals surface area contributed by atoms with E-state index < -0.39 is 11.9 Å². The maximum absolute atomic E-state index is 12.0. The maximum Gasteiger partial charge on any atom is 0.321 e. The van der Waals surface area contributed by atoms with E-state index in [-0.39, 0.29) is 10.7 Å². The van der Waals surface area contributed by atoms with Crippen LogP contribution in [0, 0.1) is 13.8 Å². The molecular weight excluding hydrogens is 301 g/mol. The van der Waals surface area contributed by atoms with Gasteiger partial charge in [-0.25, -0.2) is 9.78 Å². The number of amides is 3. The zero-order chi connectivity index (χ0) is 15.3. The van der Waals surface area contributed by atoms with Crippen molar-refractivity contribution in [2.24, 2.45) is 0 Å². The van der Waals surface area contributed by atoms with Gasteiger partial charge in [-0.15, -0.1) is 0 Å². The van der Waals surface area contributed by atoms with E-state index in [2.05, 4.69) is 15.6 Å². The number of carbonyl (C=O) groups is 2. The Balaban J connectivity index is 2.83. The van der Waals surface area contributed by atoms with Gasteiger partial charge in [0.1, 0.15) is 5.15 Å². The molecule has 2 N–H and O–H groups in total. The average molecular weight is 318 g/mol. The summed E-state index contributed by atoms with van der Waals surface area (Å²) in [5, 5.41) is 5.19. The number of hydrogen-bond acceptors (Lipinski definition) is 3. The topological polar surface area (TPSA) is 71.1 Å². The molecule has 110 valence electrons. The van der Waals surface area contributed by atoms with Crippen molar-refractivity contribution in [1.82, 2.24) is 15.6 Å². The lowest BCUT2D eigenvalue weighted by Gasteiger charge is -2.11. The Morgan fingerprint density at radius 2 is 1.90 bits per heavy atom. The van der Waals surface area contributed by atoms with Gasteiger partial charge in [-0.05, 0) is 25.8 Å². The van der Waals surface area contributed by atoms with E-state index in [0.717, 1.165) is 12.8 Å². The van der Waals surface area contributed by atoms with Crippen molar-refractivity contribution in [3.63, 3.8) is 0 Å². The molecule has 1 heterocycles. The highest BCUT2D eigenvalue weighted by atomic mass is 35.5. The summed E-state index contributed by atoms with van der Waals surface area (Å²) in [5.41, 5.74) is 1.16. The molecule has 0 spiro atoms. The quantitative estimate of drug-likeness (QED) is 0.661. The number of nitrogens with zero attached hydrogens (tertiary/aromatic N) is 1. The molecule has 0 aliphatic heterocycles. The largest absolute Gasteiger partial charge is 0.338 e. The normalized spacial score (nSPS) is 10.2. The van der Waals surface area contributed by atoms with Gasteiger partial charge in [0, 0.05) is 6.54 Å². The highest BCUT2D eigenvalue weighted by molar-refractivity contribution is 6.36. The maximum atomic E-state index is 12.0. The number of aryl methyl sites for hydroxylation is 1. The zero-order valence-corrected chi connectivity index (χ0v) is 13.2. The molecule has 1 aromatic rings.